The molecule has 7 heteroatoms. The van der Waals surface area contributed by atoms with Gasteiger partial charge in [-0.15, -0.1) is 11.3 Å². The number of piperazine rings is 1. The van der Waals surface area contributed by atoms with Crippen molar-refractivity contribution < 1.29 is 4.79 Å². The molecule has 1 amide bonds. The monoisotopic (exact) mass is 288 g/mol. The van der Waals surface area contributed by atoms with Crippen LogP contribution in [0.4, 0.5) is 0 Å². The molecule has 0 aromatic carbocycles. The van der Waals surface area contributed by atoms with Crippen molar-refractivity contribution >= 4 is 28.8 Å². The van der Waals surface area contributed by atoms with E-state index in [4.69, 9.17) is 11.6 Å². The molecule has 1 aromatic rings. The predicted octanol–water partition coefficient (Wildman–Crippen LogP) is 0.660. The van der Waals surface area contributed by atoms with Crippen LogP contribution in [0.15, 0.2) is 6.20 Å². The quantitative estimate of drug-likeness (QED) is 0.884. The highest BCUT2D eigenvalue weighted by Crippen LogP contribution is 2.19. The number of hydrogen-bond acceptors (Lipinski definition) is 5. The van der Waals surface area contributed by atoms with Crippen molar-refractivity contribution in [3.8, 4) is 0 Å². The molecule has 1 aliphatic heterocycles. The lowest BCUT2D eigenvalue weighted by molar-refractivity contribution is -0.132. The number of nitrogens with one attached hydrogen (secondary N) is 1. The van der Waals surface area contributed by atoms with Crippen molar-refractivity contribution in [3.63, 3.8) is 0 Å². The molecule has 1 aromatic heterocycles. The van der Waals surface area contributed by atoms with Crippen LogP contribution in [0.3, 0.4) is 0 Å². The molecule has 1 N–H and O–H groups in total. The van der Waals surface area contributed by atoms with Crippen molar-refractivity contribution in [2.45, 2.75) is 6.54 Å². The van der Waals surface area contributed by atoms with E-state index >= 15 is 0 Å². The Morgan fingerprint density at radius 1 is 1.61 bits per heavy atom. The van der Waals surface area contributed by atoms with E-state index in [1.165, 1.54) is 11.3 Å². The maximum atomic E-state index is 12.0. The van der Waals surface area contributed by atoms with Crippen LogP contribution in [0, 0.1) is 0 Å². The van der Waals surface area contributed by atoms with E-state index < -0.39 is 0 Å². The Kier molecular flexibility index (Phi) is 4.94. The summed E-state index contributed by atoms with van der Waals surface area (Å²) in [5, 5.41) is 4.18. The second-order valence-corrected chi connectivity index (χ2v) is 6.11. The zero-order valence-corrected chi connectivity index (χ0v) is 11.9. The summed E-state index contributed by atoms with van der Waals surface area (Å²) in [6.45, 7) is 4.47. The van der Waals surface area contributed by atoms with Crippen LogP contribution in [0.2, 0.25) is 4.34 Å². The fourth-order valence-electron chi connectivity index (χ4n) is 1.89. The van der Waals surface area contributed by atoms with Gasteiger partial charge in [0.2, 0.25) is 5.91 Å². The van der Waals surface area contributed by atoms with Crippen molar-refractivity contribution in [3.05, 3.63) is 15.5 Å². The second kappa shape index (κ2) is 6.47. The molecule has 100 valence electrons. The highest BCUT2D eigenvalue weighted by molar-refractivity contribution is 7.15. The fourth-order valence-corrected chi connectivity index (χ4v) is 2.93. The third-order valence-corrected chi connectivity index (χ3v) is 3.91. The number of carbonyl (C=O) groups is 1. The van der Waals surface area contributed by atoms with Gasteiger partial charge in [-0.2, -0.15) is 0 Å². The molecule has 0 aliphatic carbocycles. The standard InChI is InChI=1S/C11H17ClN4OS/c1-15(7-10-14-6-9(12)18-10)8-11(17)16-4-2-13-3-5-16/h6,13H,2-5,7-8H2,1H3. The molecule has 0 spiro atoms. The summed E-state index contributed by atoms with van der Waals surface area (Å²) in [5.41, 5.74) is 0. The minimum atomic E-state index is 0.182. The maximum absolute atomic E-state index is 12.0. The minimum absolute atomic E-state index is 0.182. The van der Waals surface area contributed by atoms with E-state index in [1.807, 2.05) is 16.8 Å². The van der Waals surface area contributed by atoms with Crippen LogP contribution in [-0.4, -0.2) is 60.5 Å². The van der Waals surface area contributed by atoms with Gasteiger partial charge in [0.25, 0.3) is 0 Å². The van der Waals surface area contributed by atoms with Crippen molar-refractivity contribution in [1.82, 2.24) is 20.1 Å². The highest BCUT2D eigenvalue weighted by Gasteiger charge is 2.17. The van der Waals surface area contributed by atoms with E-state index in [-0.39, 0.29) is 5.91 Å². The third kappa shape index (κ3) is 3.91. The average Bonchev–Trinajstić information content (AvgIpc) is 2.75. The average molecular weight is 289 g/mol. The van der Waals surface area contributed by atoms with Gasteiger partial charge in [0.1, 0.15) is 9.34 Å². The zero-order valence-electron chi connectivity index (χ0n) is 10.4. The number of thiazole rings is 1. The van der Waals surface area contributed by atoms with E-state index in [9.17, 15) is 4.79 Å². The number of carbonyl (C=O) groups excluding carboxylic acids is 1. The van der Waals surface area contributed by atoms with Gasteiger partial charge in [0.05, 0.1) is 19.3 Å². The topological polar surface area (TPSA) is 48.5 Å². The molecule has 0 saturated carbocycles. The summed E-state index contributed by atoms with van der Waals surface area (Å²) >= 11 is 7.28. The first-order valence-electron chi connectivity index (χ1n) is 5.92. The van der Waals surface area contributed by atoms with E-state index in [0.29, 0.717) is 17.4 Å². The Morgan fingerprint density at radius 3 is 2.94 bits per heavy atom. The molecule has 0 unspecified atom stereocenters. The molecular weight excluding hydrogens is 272 g/mol. The maximum Gasteiger partial charge on any atom is 0.236 e. The normalized spacial score (nSPS) is 16.3. The molecule has 18 heavy (non-hydrogen) atoms. The second-order valence-electron chi connectivity index (χ2n) is 4.36. The Morgan fingerprint density at radius 2 is 2.33 bits per heavy atom. The Bertz CT molecular complexity index is 406. The Labute approximate surface area is 116 Å². The summed E-state index contributed by atoms with van der Waals surface area (Å²) in [7, 11) is 1.93. The largest absolute Gasteiger partial charge is 0.339 e. The number of aromatic nitrogens is 1. The molecule has 5 nitrogen and oxygen atoms in total. The molecule has 1 saturated heterocycles. The number of likely N-dealkylation sites (N-methyl/N-ethyl adjacent to an activating group) is 1. The molecule has 0 atom stereocenters. The van der Waals surface area contributed by atoms with Crippen LogP contribution in [-0.2, 0) is 11.3 Å². The zero-order chi connectivity index (χ0) is 13.0. The molecule has 2 heterocycles. The van der Waals surface area contributed by atoms with Crippen LogP contribution in [0.25, 0.3) is 0 Å². The SMILES string of the molecule is CN(CC(=O)N1CCNCC1)Cc1ncc(Cl)s1. The molecule has 2 rings (SSSR count). The van der Waals surface area contributed by atoms with E-state index in [0.717, 1.165) is 31.2 Å². The molecule has 0 radical (unpaired) electrons. The molecular formula is C11H17ClN4OS. The Balaban J connectivity index is 1.79. The lowest BCUT2D eigenvalue weighted by atomic mass is 10.3. The fraction of sp³-hybridized carbons (Fsp3) is 0.636. The summed E-state index contributed by atoms with van der Waals surface area (Å²) in [5.74, 6) is 0.182. The van der Waals surface area contributed by atoms with Crippen molar-refractivity contribution in [2.24, 2.45) is 0 Å². The smallest absolute Gasteiger partial charge is 0.236 e. The summed E-state index contributed by atoms with van der Waals surface area (Å²) in [4.78, 5) is 20.1. The predicted molar refractivity (Wildman–Crippen MR) is 72.9 cm³/mol. The van der Waals surface area contributed by atoms with Gasteiger partial charge in [-0.1, -0.05) is 11.6 Å². The lowest BCUT2D eigenvalue weighted by Gasteiger charge is -2.29. The first-order valence-corrected chi connectivity index (χ1v) is 7.12. The van der Waals surface area contributed by atoms with Gasteiger partial charge in [0.15, 0.2) is 0 Å². The number of amides is 1. The summed E-state index contributed by atoms with van der Waals surface area (Å²) < 4.78 is 0.687. The number of halogens is 1. The van der Waals surface area contributed by atoms with Gasteiger partial charge in [-0.25, -0.2) is 4.98 Å². The number of rotatable bonds is 4. The van der Waals surface area contributed by atoms with E-state index in [2.05, 4.69) is 10.3 Å². The van der Waals surface area contributed by atoms with Crippen molar-refractivity contribution in [1.29, 1.82) is 0 Å². The first kappa shape index (κ1) is 13.7. The van der Waals surface area contributed by atoms with Crippen LogP contribution in [0.5, 0.6) is 0 Å². The van der Waals surface area contributed by atoms with Crippen LogP contribution < -0.4 is 5.32 Å². The first-order chi connectivity index (χ1) is 8.65. The number of hydrogen-bond donors (Lipinski definition) is 1. The van der Waals surface area contributed by atoms with Crippen molar-refractivity contribution in [2.75, 3.05) is 39.8 Å². The van der Waals surface area contributed by atoms with Gasteiger partial charge >= 0.3 is 0 Å². The minimum Gasteiger partial charge on any atom is -0.339 e. The summed E-state index contributed by atoms with van der Waals surface area (Å²) in [6.07, 6.45) is 1.65. The Hall–Kier alpha value is -0.690. The van der Waals surface area contributed by atoms with Gasteiger partial charge < -0.3 is 10.2 Å². The van der Waals surface area contributed by atoms with Crippen LogP contribution in [0.1, 0.15) is 5.01 Å². The molecule has 1 fully saturated rings. The molecule has 1 aliphatic rings. The third-order valence-electron chi connectivity index (χ3n) is 2.81. The lowest BCUT2D eigenvalue weighted by Crippen LogP contribution is -2.49. The van der Waals surface area contributed by atoms with Gasteiger partial charge in [-0.05, 0) is 7.05 Å². The number of nitrogens with zero attached hydrogens (tertiary/aromatic N) is 3. The molecule has 0 bridgehead atoms. The summed E-state index contributed by atoms with van der Waals surface area (Å²) in [6, 6.07) is 0. The highest BCUT2D eigenvalue weighted by atomic mass is 35.5. The van der Waals surface area contributed by atoms with E-state index in [1.54, 1.807) is 6.20 Å². The van der Waals surface area contributed by atoms with Gasteiger partial charge in [0, 0.05) is 26.2 Å². The van der Waals surface area contributed by atoms with Gasteiger partial charge in [-0.3, -0.25) is 9.69 Å². The van der Waals surface area contributed by atoms with Crippen LogP contribution >= 0.6 is 22.9 Å².